The summed E-state index contributed by atoms with van der Waals surface area (Å²) >= 11 is 0. The van der Waals surface area contributed by atoms with Gasteiger partial charge >= 0.3 is 5.97 Å². The Hall–Kier alpha value is -2.38. The van der Waals surface area contributed by atoms with Crippen LogP contribution in [0.5, 0.6) is 0 Å². The lowest BCUT2D eigenvalue weighted by molar-refractivity contribution is -0.384. The molecule has 1 fully saturated rings. The highest BCUT2D eigenvalue weighted by molar-refractivity contribution is 5.93. The zero-order chi connectivity index (χ0) is 15.6. The van der Waals surface area contributed by atoms with Crippen molar-refractivity contribution >= 4 is 17.6 Å². The number of ether oxygens (including phenoxy) is 1. The summed E-state index contributed by atoms with van der Waals surface area (Å²) in [7, 11) is 2.84. The second-order valence-corrected chi connectivity index (χ2v) is 5.03. The summed E-state index contributed by atoms with van der Waals surface area (Å²) in [6, 6.07) is 1.45. The molecule has 0 bridgehead atoms. The van der Waals surface area contributed by atoms with Crippen LogP contribution in [0.15, 0.2) is 12.3 Å². The quantitative estimate of drug-likeness (QED) is 0.448. The summed E-state index contributed by atoms with van der Waals surface area (Å²) in [6.07, 6.45) is 3.32. The van der Waals surface area contributed by atoms with Gasteiger partial charge in [-0.1, -0.05) is 0 Å². The summed E-state index contributed by atoms with van der Waals surface area (Å²) in [4.78, 5) is 35.2. The van der Waals surface area contributed by atoms with E-state index in [4.69, 9.17) is 0 Å². The van der Waals surface area contributed by atoms with Crippen molar-refractivity contribution in [2.75, 3.05) is 20.7 Å². The number of aromatic nitrogens is 1. The molecule has 1 aromatic heterocycles. The molecule has 0 aliphatic heterocycles. The maximum atomic E-state index is 12.4. The molecule has 114 valence electrons. The molecule has 0 N–H and O–H groups in total. The number of esters is 1. The predicted octanol–water partition coefficient (Wildman–Crippen LogP) is 1.37. The molecule has 2 rings (SSSR count). The van der Waals surface area contributed by atoms with E-state index in [0.29, 0.717) is 0 Å². The van der Waals surface area contributed by atoms with Crippen molar-refractivity contribution in [2.24, 2.45) is 0 Å². The van der Waals surface area contributed by atoms with Crippen molar-refractivity contribution in [1.29, 1.82) is 0 Å². The topological polar surface area (TPSA) is 94.7 Å². The van der Waals surface area contributed by atoms with Crippen molar-refractivity contribution in [3.63, 3.8) is 0 Å². The van der Waals surface area contributed by atoms with E-state index in [-0.39, 0.29) is 36.3 Å². The first-order valence-electron chi connectivity index (χ1n) is 6.62. The van der Waals surface area contributed by atoms with Gasteiger partial charge in [0.15, 0.2) is 0 Å². The SMILES string of the molecule is COC(=O)CCN(C)C(=O)c1cc([N+](=O)[O-])cn1C1CC1. The van der Waals surface area contributed by atoms with Crippen LogP contribution in [0.4, 0.5) is 5.69 Å². The molecule has 1 aliphatic rings. The molecule has 1 aliphatic carbocycles. The van der Waals surface area contributed by atoms with Gasteiger partial charge in [-0.3, -0.25) is 19.7 Å². The zero-order valence-electron chi connectivity index (χ0n) is 11.9. The Bertz CT molecular complexity index is 576. The number of nitro groups is 1. The molecular formula is C13H17N3O5. The van der Waals surface area contributed by atoms with Crippen LogP contribution < -0.4 is 0 Å². The number of amides is 1. The largest absolute Gasteiger partial charge is 0.469 e. The molecular weight excluding hydrogens is 278 g/mol. The Morgan fingerprint density at radius 3 is 2.71 bits per heavy atom. The fraction of sp³-hybridized carbons (Fsp3) is 0.538. The molecule has 1 aromatic rings. The zero-order valence-corrected chi connectivity index (χ0v) is 11.9. The van der Waals surface area contributed by atoms with Crippen LogP contribution in [-0.2, 0) is 9.53 Å². The van der Waals surface area contributed by atoms with Gasteiger partial charge in [-0.05, 0) is 12.8 Å². The first-order valence-corrected chi connectivity index (χ1v) is 6.62. The Kier molecular flexibility index (Phi) is 4.25. The van der Waals surface area contributed by atoms with Crippen molar-refractivity contribution in [3.8, 4) is 0 Å². The third-order valence-corrected chi connectivity index (χ3v) is 3.43. The second-order valence-electron chi connectivity index (χ2n) is 5.03. The average molecular weight is 295 g/mol. The summed E-state index contributed by atoms with van der Waals surface area (Å²) in [6.45, 7) is 0.204. The molecule has 1 saturated carbocycles. The van der Waals surface area contributed by atoms with Gasteiger partial charge in [-0.25, -0.2) is 0 Å². The molecule has 8 nitrogen and oxygen atoms in total. The van der Waals surface area contributed by atoms with E-state index < -0.39 is 10.9 Å². The summed E-state index contributed by atoms with van der Waals surface area (Å²) in [5.41, 5.74) is 0.197. The standard InChI is InChI=1S/C13H17N3O5/c1-14(6-5-12(17)21-2)13(18)11-7-10(16(19)20)8-15(11)9-3-4-9/h7-9H,3-6H2,1-2H3. The summed E-state index contributed by atoms with van der Waals surface area (Å²) in [5.74, 6) is -0.739. The van der Waals surface area contributed by atoms with Crippen molar-refractivity contribution in [2.45, 2.75) is 25.3 Å². The molecule has 0 spiro atoms. The number of hydrogen-bond donors (Lipinski definition) is 0. The molecule has 1 amide bonds. The van der Waals surface area contributed by atoms with E-state index in [1.807, 2.05) is 0 Å². The van der Waals surface area contributed by atoms with Crippen LogP contribution in [0.25, 0.3) is 0 Å². The predicted molar refractivity (Wildman–Crippen MR) is 73.0 cm³/mol. The summed E-state index contributed by atoms with van der Waals surface area (Å²) in [5, 5.41) is 10.9. The van der Waals surface area contributed by atoms with E-state index in [9.17, 15) is 19.7 Å². The highest BCUT2D eigenvalue weighted by Gasteiger charge is 2.31. The fourth-order valence-corrected chi connectivity index (χ4v) is 2.05. The molecule has 0 unspecified atom stereocenters. The molecule has 1 heterocycles. The number of nitrogens with zero attached hydrogens (tertiary/aromatic N) is 3. The maximum absolute atomic E-state index is 12.4. The number of carbonyl (C=O) groups is 2. The van der Waals surface area contributed by atoms with Gasteiger partial charge in [-0.15, -0.1) is 0 Å². The molecule has 0 radical (unpaired) electrons. The van der Waals surface area contributed by atoms with Crippen molar-refractivity contribution in [1.82, 2.24) is 9.47 Å². The van der Waals surface area contributed by atoms with Gasteiger partial charge in [-0.2, -0.15) is 0 Å². The van der Waals surface area contributed by atoms with Crippen LogP contribution >= 0.6 is 0 Å². The lowest BCUT2D eigenvalue weighted by atomic mass is 10.3. The average Bonchev–Trinajstić information content (AvgIpc) is 3.21. The van der Waals surface area contributed by atoms with Gasteiger partial charge in [0, 0.05) is 25.7 Å². The summed E-state index contributed by atoms with van der Waals surface area (Å²) < 4.78 is 6.18. The van der Waals surface area contributed by atoms with Crippen LogP contribution in [0.2, 0.25) is 0 Å². The maximum Gasteiger partial charge on any atom is 0.307 e. The normalized spacial score (nSPS) is 13.8. The Labute approximate surface area is 121 Å². The minimum absolute atomic E-state index is 0.0883. The van der Waals surface area contributed by atoms with Crippen LogP contribution in [0.3, 0.4) is 0 Å². The fourth-order valence-electron chi connectivity index (χ4n) is 2.05. The first-order chi connectivity index (χ1) is 9.93. The molecule has 0 saturated heterocycles. The Morgan fingerprint density at radius 1 is 1.52 bits per heavy atom. The monoisotopic (exact) mass is 295 g/mol. The molecule has 21 heavy (non-hydrogen) atoms. The molecule has 8 heteroatoms. The number of carbonyl (C=O) groups excluding carboxylic acids is 2. The van der Waals surface area contributed by atoms with Gasteiger partial charge in [0.2, 0.25) is 0 Å². The first kappa shape index (κ1) is 15.0. The van der Waals surface area contributed by atoms with Gasteiger partial charge in [0.1, 0.15) is 5.69 Å². The number of hydrogen-bond acceptors (Lipinski definition) is 5. The van der Waals surface area contributed by atoms with Gasteiger partial charge in [0.05, 0.1) is 24.7 Å². The minimum Gasteiger partial charge on any atom is -0.469 e. The third-order valence-electron chi connectivity index (χ3n) is 3.43. The highest BCUT2D eigenvalue weighted by atomic mass is 16.6. The minimum atomic E-state index is -0.510. The van der Waals surface area contributed by atoms with E-state index in [1.54, 1.807) is 11.6 Å². The van der Waals surface area contributed by atoms with Crippen LogP contribution in [0.1, 0.15) is 35.8 Å². The lowest BCUT2D eigenvalue weighted by Gasteiger charge is -2.17. The lowest BCUT2D eigenvalue weighted by Crippen LogP contribution is -2.30. The molecule has 0 aromatic carbocycles. The Balaban J connectivity index is 2.14. The number of rotatable bonds is 6. The molecule has 0 atom stereocenters. The van der Waals surface area contributed by atoms with E-state index in [0.717, 1.165) is 12.8 Å². The number of methoxy groups -OCH3 is 1. The Morgan fingerprint density at radius 2 is 2.19 bits per heavy atom. The van der Waals surface area contributed by atoms with Crippen LogP contribution in [-0.4, -0.2) is 47.0 Å². The van der Waals surface area contributed by atoms with Gasteiger partial charge < -0.3 is 14.2 Å². The highest BCUT2D eigenvalue weighted by Crippen LogP contribution is 2.38. The van der Waals surface area contributed by atoms with Crippen molar-refractivity contribution in [3.05, 3.63) is 28.1 Å². The van der Waals surface area contributed by atoms with E-state index in [2.05, 4.69) is 4.74 Å². The van der Waals surface area contributed by atoms with E-state index in [1.165, 1.54) is 24.3 Å². The smallest absolute Gasteiger partial charge is 0.307 e. The van der Waals surface area contributed by atoms with Crippen LogP contribution in [0, 0.1) is 10.1 Å². The second kappa shape index (κ2) is 5.94. The van der Waals surface area contributed by atoms with Crippen molar-refractivity contribution < 1.29 is 19.2 Å². The van der Waals surface area contributed by atoms with E-state index >= 15 is 0 Å². The third kappa shape index (κ3) is 3.39. The van der Waals surface area contributed by atoms with Gasteiger partial charge in [0.25, 0.3) is 11.6 Å².